The zero-order valence-corrected chi connectivity index (χ0v) is 8.50. The smallest absolute Gasteiger partial charge is 0.275 e. The zero-order chi connectivity index (χ0) is 9.80. The first kappa shape index (κ1) is 9.93. The van der Waals surface area contributed by atoms with Crippen LogP contribution in [-0.2, 0) is 9.53 Å². The summed E-state index contributed by atoms with van der Waals surface area (Å²) in [6, 6.07) is 0.485. The summed E-state index contributed by atoms with van der Waals surface area (Å²) < 4.78 is 5.47. The minimum atomic E-state index is 0.172. The largest absolute Gasteiger partial charge is 0.372 e. The summed E-state index contributed by atoms with van der Waals surface area (Å²) in [6.45, 7) is 2.38. The molecule has 1 saturated carbocycles. The van der Waals surface area contributed by atoms with Crippen LogP contribution in [0.3, 0.4) is 0 Å². The van der Waals surface area contributed by atoms with Gasteiger partial charge >= 0.3 is 0 Å². The number of carbonyl (C=O) groups excluding carboxylic acids is 1. The van der Waals surface area contributed by atoms with Crippen molar-refractivity contribution in [2.45, 2.75) is 37.8 Å². The number of hydrogen-bond donors (Lipinski definition) is 2. The molecule has 2 fully saturated rings. The maximum absolute atomic E-state index is 11.3. The monoisotopic (exact) mass is 199 g/mol. The van der Waals surface area contributed by atoms with E-state index in [1.54, 1.807) is 0 Å². The number of nitrogens with one attached hydrogen (secondary N) is 1. The quantitative estimate of drug-likeness (QED) is 0.597. The normalized spacial score (nSPS) is 26.4. The molecule has 0 aromatic carbocycles. The Labute approximate surface area is 84.4 Å². The van der Waals surface area contributed by atoms with Crippen LogP contribution in [-0.4, -0.2) is 37.7 Å². The van der Waals surface area contributed by atoms with Gasteiger partial charge in [-0.2, -0.15) is 0 Å². The first-order valence-electron chi connectivity index (χ1n) is 5.57. The van der Waals surface area contributed by atoms with Crippen molar-refractivity contribution in [3.05, 3.63) is 0 Å². The van der Waals surface area contributed by atoms with Crippen molar-refractivity contribution in [3.8, 4) is 0 Å². The maximum Gasteiger partial charge on any atom is 0.275 e. The van der Waals surface area contributed by atoms with Gasteiger partial charge in [0.1, 0.15) is 12.6 Å². The fourth-order valence-electron chi connectivity index (χ4n) is 1.74. The molecule has 0 spiro atoms. The lowest BCUT2D eigenvalue weighted by atomic mass is 10.2. The number of amides is 1. The van der Waals surface area contributed by atoms with Crippen LogP contribution in [0.5, 0.6) is 0 Å². The van der Waals surface area contributed by atoms with Crippen molar-refractivity contribution in [3.63, 3.8) is 0 Å². The Bertz CT molecular complexity index is 198. The van der Waals surface area contributed by atoms with Crippen LogP contribution in [0.15, 0.2) is 0 Å². The lowest BCUT2D eigenvalue weighted by molar-refractivity contribution is -0.650. The number of quaternary nitrogens is 1. The summed E-state index contributed by atoms with van der Waals surface area (Å²) in [4.78, 5) is 11.3. The van der Waals surface area contributed by atoms with Crippen LogP contribution in [0.2, 0.25) is 0 Å². The Morgan fingerprint density at radius 3 is 2.93 bits per heavy atom. The van der Waals surface area contributed by atoms with E-state index in [1.165, 1.54) is 6.42 Å². The Kier molecular flexibility index (Phi) is 3.37. The van der Waals surface area contributed by atoms with Gasteiger partial charge in [-0.05, 0) is 25.7 Å². The second-order valence-electron chi connectivity index (χ2n) is 4.21. The third-order valence-corrected chi connectivity index (χ3v) is 2.73. The van der Waals surface area contributed by atoms with Crippen molar-refractivity contribution in [1.82, 2.24) is 5.32 Å². The molecule has 1 aliphatic carbocycles. The number of hydrogen-bond acceptors (Lipinski definition) is 2. The zero-order valence-electron chi connectivity index (χ0n) is 8.50. The van der Waals surface area contributed by atoms with Gasteiger partial charge in [-0.25, -0.2) is 0 Å². The predicted octanol–water partition coefficient (Wildman–Crippen LogP) is -0.993. The molecule has 2 aliphatic rings. The van der Waals surface area contributed by atoms with Gasteiger partial charge < -0.3 is 15.4 Å². The molecule has 0 aromatic heterocycles. The average molecular weight is 199 g/mol. The van der Waals surface area contributed by atoms with Crippen LogP contribution >= 0.6 is 0 Å². The summed E-state index contributed by atoms with van der Waals surface area (Å²) >= 11 is 0. The minimum absolute atomic E-state index is 0.172. The van der Waals surface area contributed by atoms with E-state index in [0.29, 0.717) is 18.7 Å². The van der Waals surface area contributed by atoms with E-state index in [9.17, 15) is 4.79 Å². The third-order valence-electron chi connectivity index (χ3n) is 2.73. The molecule has 2 rings (SSSR count). The first-order valence-corrected chi connectivity index (χ1v) is 5.57. The van der Waals surface area contributed by atoms with Gasteiger partial charge in [-0.3, -0.25) is 4.79 Å². The second kappa shape index (κ2) is 4.75. The molecule has 0 radical (unpaired) electrons. The molecule has 1 heterocycles. The molecule has 3 N–H and O–H groups in total. The Hall–Kier alpha value is -0.610. The van der Waals surface area contributed by atoms with Crippen LogP contribution < -0.4 is 10.6 Å². The topological polar surface area (TPSA) is 54.9 Å². The standard InChI is InChI=1S/C10H18N2O2/c13-10(12-8-3-4-8)7-11-6-9-2-1-5-14-9/h8-9,11H,1-7H2,(H,12,13)/p+1/t9-/m0/s1. The van der Waals surface area contributed by atoms with Crippen LogP contribution in [0.4, 0.5) is 0 Å². The highest BCUT2D eigenvalue weighted by Crippen LogP contribution is 2.17. The van der Waals surface area contributed by atoms with Gasteiger partial charge in [-0.1, -0.05) is 0 Å². The summed E-state index contributed by atoms with van der Waals surface area (Å²) in [7, 11) is 0. The fourth-order valence-corrected chi connectivity index (χ4v) is 1.74. The van der Waals surface area contributed by atoms with E-state index in [2.05, 4.69) is 5.32 Å². The van der Waals surface area contributed by atoms with E-state index >= 15 is 0 Å². The van der Waals surface area contributed by atoms with Gasteiger partial charge in [0, 0.05) is 12.6 Å². The molecule has 0 unspecified atom stereocenters. The van der Waals surface area contributed by atoms with Crippen molar-refractivity contribution in [2.75, 3.05) is 19.7 Å². The molecular weight excluding hydrogens is 180 g/mol. The van der Waals surface area contributed by atoms with E-state index in [0.717, 1.165) is 32.4 Å². The van der Waals surface area contributed by atoms with E-state index < -0.39 is 0 Å². The highest BCUT2D eigenvalue weighted by molar-refractivity contribution is 5.77. The minimum Gasteiger partial charge on any atom is -0.372 e. The highest BCUT2D eigenvalue weighted by atomic mass is 16.5. The first-order chi connectivity index (χ1) is 6.84. The Morgan fingerprint density at radius 2 is 2.29 bits per heavy atom. The molecular formula is C10H19N2O2+. The second-order valence-corrected chi connectivity index (χ2v) is 4.21. The Balaban J connectivity index is 1.50. The van der Waals surface area contributed by atoms with E-state index in [4.69, 9.17) is 4.74 Å². The lowest BCUT2D eigenvalue weighted by Gasteiger charge is -2.07. The average Bonchev–Trinajstić information content (AvgIpc) is 2.82. The van der Waals surface area contributed by atoms with Crippen LogP contribution in [0.25, 0.3) is 0 Å². The number of ether oxygens (including phenoxy) is 1. The van der Waals surface area contributed by atoms with Crippen LogP contribution in [0.1, 0.15) is 25.7 Å². The molecule has 1 atom stereocenters. The summed E-state index contributed by atoms with van der Waals surface area (Å²) in [5.41, 5.74) is 0. The third kappa shape index (κ3) is 3.27. The van der Waals surface area contributed by atoms with Crippen LogP contribution in [0, 0.1) is 0 Å². The fraction of sp³-hybridized carbons (Fsp3) is 0.900. The summed E-state index contributed by atoms with van der Waals surface area (Å²) in [5, 5.41) is 5.02. The molecule has 1 amide bonds. The van der Waals surface area contributed by atoms with Crippen molar-refractivity contribution in [2.24, 2.45) is 0 Å². The van der Waals surface area contributed by atoms with Gasteiger partial charge in [0.15, 0.2) is 6.54 Å². The number of rotatable bonds is 5. The molecule has 4 nitrogen and oxygen atoms in total. The molecule has 80 valence electrons. The number of carbonyl (C=O) groups is 1. The van der Waals surface area contributed by atoms with E-state index in [1.807, 2.05) is 5.32 Å². The molecule has 0 bridgehead atoms. The molecule has 1 saturated heterocycles. The van der Waals surface area contributed by atoms with Crippen molar-refractivity contribution >= 4 is 5.91 Å². The van der Waals surface area contributed by atoms with E-state index in [-0.39, 0.29) is 5.91 Å². The van der Waals surface area contributed by atoms with Gasteiger partial charge in [0.05, 0.1) is 0 Å². The SMILES string of the molecule is O=C(C[NH2+]C[C@@H]1CCCO1)NC1CC1. The van der Waals surface area contributed by atoms with Crippen molar-refractivity contribution in [1.29, 1.82) is 0 Å². The number of nitrogens with two attached hydrogens (primary N) is 1. The predicted molar refractivity (Wildman–Crippen MR) is 51.8 cm³/mol. The molecule has 4 heteroatoms. The molecule has 0 aromatic rings. The molecule has 1 aliphatic heterocycles. The molecule has 14 heavy (non-hydrogen) atoms. The Morgan fingerprint density at radius 1 is 1.43 bits per heavy atom. The van der Waals surface area contributed by atoms with Gasteiger partial charge in [-0.15, -0.1) is 0 Å². The summed E-state index contributed by atoms with van der Waals surface area (Å²) in [6.07, 6.45) is 5.03. The maximum atomic E-state index is 11.3. The lowest BCUT2D eigenvalue weighted by Crippen LogP contribution is -2.88. The van der Waals surface area contributed by atoms with Crippen molar-refractivity contribution < 1.29 is 14.8 Å². The van der Waals surface area contributed by atoms with Gasteiger partial charge in [0.25, 0.3) is 5.91 Å². The highest BCUT2D eigenvalue weighted by Gasteiger charge is 2.24. The van der Waals surface area contributed by atoms with Gasteiger partial charge in [0.2, 0.25) is 0 Å². The summed E-state index contributed by atoms with van der Waals surface area (Å²) in [5.74, 6) is 0.172.